The zero-order chi connectivity index (χ0) is 29.7. The number of ether oxygens (including phenoxy) is 1. The van der Waals surface area contributed by atoms with Crippen LogP contribution in [0.1, 0.15) is 28.4 Å². The molecule has 3 heterocycles. The zero-order valence-electron chi connectivity index (χ0n) is 23.4. The number of H-pyrrole nitrogens is 1. The number of benzene rings is 2. The number of nitrogens with one attached hydrogen (secondary N) is 2. The molecule has 2 aliphatic rings. The molecule has 226 valence electrons. The number of rotatable bonds is 9. The molecule has 2 aliphatic heterocycles. The summed E-state index contributed by atoms with van der Waals surface area (Å²) in [5.41, 5.74) is 4.76. The smallest absolute Gasteiger partial charge is 0.379 e. The Morgan fingerprint density at radius 1 is 1.17 bits per heavy atom. The highest BCUT2D eigenvalue weighted by molar-refractivity contribution is 6.33. The van der Waals surface area contributed by atoms with Gasteiger partial charge in [0.05, 0.1) is 47.7 Å². The number of aromatic nitrogens is 1. The molecule has 5 rings (SSSR count). The van der Waals surface area contributed by atoms with E-state index < -0.39 is 17.6 Å². The third-order valence-electron chi connectivity index (χ3n) is 7.65. The molecule has 0 saturated carbocycles. The van der Waals surface area contributed by atoms with Crippen LogP contribution in [0.4, 0.5) is 13.2 Å². The van der Waals surface area contributed by atoms with Crippen LogP contribution in [0.5, 0.6) is 0 Å². The lowest BCUT2D eigenvalue weighted by Gasteiger charge is -2.41. The number of aromatic amines is 1. The molecular formula is C30H35ClF3N5O3. The Balaban J connectivity index is 1.31. The molecule has 0 unspecified atom stereocenters. The van der Waals surface area contributed by atoms with Crippen LogP contribution >= 0.6 is 11.6 Å². The predicted octanol–water partition coefficient (Wildman–Crippen LogP) is 4.92. The van der Waals surface area contributed by atoms with E-state index in [9.17, 15) is 18.0 Å². The molecule has 2 saturated heterocycles. The molecule has 2 aromatic carbocycles. The van der Waals surface area contributed by atoms with Gasteiger partial charge in [-0.15, -0.1) is 0 Å². The second-order valence-corrected chi connectivity index (χ2v) is 11.0. The minimum atomic E-state index is -4.58. The topological polar surface area (TPSA) is 73.1 Å². The monoisotopic (exact) mass is 605 g/mol. The van der Waals surface area contributed by atoms with E-state index in [1.807, 2.05) is 43.6 Å². The summed E-state index contributed by atoms with van der Waals surface area (Å²) in [6, 6.07) is 10.5. The molecule has 0 bridgehead atoms. The Morgan fingerprint density at radius 3 is 2.74 bits per heavy atom. The van der Waals surface area contributed by atoms with Crippen LogP contribution in [0.3, 0.4) is 0 Å². The molecule has 1 aromatic heterocycles. The van der Waals surface area contributed by atoms with Gasteiger partial charge < -0.3 is 19.5 Å². The Kier molecular flexibility index (Phi) is 9.62. The Morgan fingerprint density at radius 2 is 1.95 bits per heavy atom. The van der Waals surface area contributed by atoms with Crippen LogP contribution in [0.25, 0.3) is 10.9 Å². The van der Waals surface area contributed by atoms with E-state index in [1.54, 1.807) is 4.90 Å². The molecule has 3 aromatic rings. The quantitative estimate of drug-likeness (QED) is 0.266. The van der Waals surface area contributed by atoms with Crippen molar-refractivity contribution in [3.63, 3.8) is 0 Å². The largest absolute Gasteiger partial charge is 0.416 e. The molecular weight excluding hydrogens is 571 g/mol. The van der Waals surface area contributed by atoms with Gasteiger partial charge in [-0.05, 0) is 43.2 Å². The third kappa shape index (κ3) is 7.38. The maximum absolute atomic E-state index is 13.7. The van der Waals surface area contributed by atoms with Crippen molar-refractivity contribution < 1.29 is 27.5 Å². The van der Waals surface area contributed by atoms with Crippen LogP contribution in [-0.4, -0.2) is 90.7 Å². The number of morpholine rings is 1. The van der Waals surface area contributed by atoms with Crippen molar-refractivity contribution in [3.8, 4) is 0 Å². The SMILES string of the molecule is CC(=CN1CCN(C(=O)c2cc(C(F)(F)F)ccc2Cl)[C@H](Cc2c[nH]c3ccccc23)C1)NOCCN1CCOCC1. The van der Waals surface area contributed by atoms with Gasteiger partial charge in [0.2, 0.25) is 0 Å². The van der Waals surface area contributed by atoms with E-state index >= 15 is 0 Å². The molecule has 42 heavy (non-hydrogen) atoms. The highest BCUT2D eigenvalue weighted by atomic mass is 35.5. The number of fused-ring (bicyclic) bond motifs is 1. The first kappa shape index (κ1) is 30.2. The van der Waals surface area contributed by atoms with Gasteiger partial charge in [-0.25, -0.2) is 0 Å². The summed E-state index contributed by atoms with van der Waals surface area (Å²) in [4.78, 5) is 28.7. The number of piperazine rings is 1. The second-order valence-electron chi connectivity index (χ2n) is 10.6. The first-order valence-corrected chi connectivity index (χ1v) is 14.4. The molecule has 1 amide bonds. The van der Waals surface area contributed by atoms with Gasteiger partial charge >= 0.3 is 6.18 Å². The number of halogens is 4. The highest BCUT2D eigenvalue weighted by Crippen LogP contribution is 2.33. The van der Waals surface area contributed by atoms with Gasteiger partial charge in [-0.2, -0.15) is 13.2 Å². The van der Waals surface area contributed by atoms with Gasteiger partial charge in [0.15, 0.2) is 0 Å². The highest BCUT2D eigenvalue weighted by Gasteiger charge is 2.35. The summed E-state index contributed by atoms with van der Waals surface area (Å²) in [5, 5.41) is 1.04. The summed E-state index contributed by atoms with van der Waals surface area (Å²) in [7, 11) is 0. The number of hydroxylamine groups is 1. The van der Waals surface area contributed by atoms with Gasteiger partial charge in [-0.3, -0.25) is 20.0 Å². The van der Waals surface area contributed by atoms with Gasteiger partial charge in [0, 0.05) is 62.6 Å². The van der Waals surface area contributed by atoms with Crippen molar-refractivity contribution in [3.05, 3.63) is 82.3 Å². The zero-order valence-corrected chi connectivity index (χ0v) is 24.2. The van der Waals surface area contributed by atoms with Gasteiger partial charge in [0.1, 0.15) is 0 Å². The Labute approximate surface area is 247 Å². The number of carbonyl (C=O) groups excluding carboxylic acids is 1. The Hall–Kier alpha value is -3.25. The lowest BCUT2D eigenvalue weighted by atomic mass is 10.00. The fourth-order valence-corrected chi connectivity index (χ4v) is 5.68. The minimum Gasteiger partial charge on any atom is -0.379 e. The number of hydrogen-bond acceptors (Lipinski definition) is 6. The average Bonchev–Trinajstić information content (AvgIpc) is 3.38. The lowest BCUT2D eigenvalue weighted by molar-refractivity contribution is -0.137. The summed E-state index contributed by atoms with van der Waals surface area (Å²) < 4.78 is 45.7. The Bertz CT molecular complexity index is 1410. The number of hydrogen-bond donors (Lipinski definition) is 2. The minimum absolute atomic E-state index is 0.00422. The van der Waals surface area contributed by atoms with E-state index in [2.05, 4.69) is 20.3 Å². The standard InChI is InChI=1S/C30H35ClF3N5O3/c1-21(36-42-15-12-37-10-13-41-14-11-37)19-38-8-9-39(29(40)26-17-23(30(32,33)34)6-7-27(26)31)24(20-38)16-22-18-35-28-5-3-2-4-25(22)28/h2-7,17-19,24,35-36H,8-16,20H2,1H3/t24-/m1/s1. The fraction of sp³-hybridized carbons (Fsp3) is 0.433. The van der Waals surface area contributed by atoms with E-state index in [0.717, 1.165) is 73.2 Å². The van der Waals surface area contributed by atoms with Crippen molar-refractivity contribution >= 4 is 28.4 Å². The number of carbonyl (C=O) groups is 1. The molecule has 8 nitrogen and oxygen atoms in total. The molecule has 0 radical (unpaired) electrons. The molecule has 0 spiro atoms. The van der Waals surface area contributed by atoms with E-state index in [1.165, 1.54) is 0 Å². The van der Waals surface area contributed by atoms with Crippen LogP contribution in [0.15, 0.2) is 60.6 Å². The molecule has 12 heteroatoms. The summed E-state index contributed by atoms with van der Waals surface area (Å²) >= 11 is 6.27. The van der Waals surface area contributed by atoms with E-state index in [-0.39, 0.29) is 16.6 Å². The maximum Gasteiger partial charge on any atom is 0.416 e. The van der Waals surface area contributed by atoms with Crippen molar-refractivity contribution in [2.45, 2.75) is 25.6 Å². The van der Waals surface area contributed by atoms with Crippen LogP contribution in [0.2, 0.25) is 5.02 Å². The third-order valence-corrected chi connectivity index (χ3v) is 7.98. The van der Waals surface area contributed by atoms with Crippen LogP contribution in [0, 0.1) is 0 Å². The maximum atomic E-state index is 13.7. The van der Waals surface area contributed by atoms with E-state index in [0.29, 0.717) is 32.7 Å². The summed E-state index contributed by atoms with van der Waals surface area (Å²) in [6.45, 7) is 7.79. The number of amides is 1. The average molecular weight is 606 g/mol. The lowest BCUT2D eigenvalue weighted by Crippen LogP contribution is -2.54. The van der Waals surface area contributed by atoms with Crippen molar-refractivity contribution in [2.75, 3.05) is 59.1 Å². The molecule has 2 N–H and O–H groups in total. The predicted molar refractivity (Wildman–Crippen MR) is 155 cm³/mol. The summed E-state index contributed by atoms with van der Waals surface area (Å²) in [5.74, 6) is -0.513. The van der Waals surface area contributed by atoms with E-state index in [4.69, 9.17) is 21.2 Å². The van der Waals surface area contributed by atoms with Crippen molar-refractivity contribution in [1.82, 2.24) is 25.2 Å². The molecule has 2 fully saturated rings. The first-order valence-electron chi connectivity index (χ1n) is 14.0. The first-order chi connectivity index (χ1) is 20.2. The van der Waals surface area contributed by atoms with Crippen molar-refractivity contribution in [2.24, 2.45) is 0 Å². The fourth-order valence-electron chi connectivity index (χ4n) is 5.48. The molecule has 0 aliphatic carbocycles. The number of nitrogens with zero attached hydrogens (tertiary/aromatic N) is 3. The summed E-state index contributed by atoms with van der Waals surface area (Å²) in [6.07, 6.45) is -0.189. The van der Waals surface area contributed by atoms with Crippen LogP contribution in [-0.2, 0) is 22.2 Å². The number of para-hydroxylation sites is 1. The van der Waals surface area contributed by atoms with Gasteiger partial charge in [-0.1, -0.05) is 29.8 Å². The normalized spacial score (nSPS) is 19.0. The van der Waals surface area contributed by atoms with Crippen molar-refractivity contribution in [1.29, 1.82) is 0 Å². The van der Waals surface area contributed by atoms with Gasteiger partial charge in [0.25, 0.3) is 5.91 Å². The van der Waals surface area contributed by atoms with Crippen LogP contribution < -0.4 is 5.48 Å². The number of alkyl halides is 3. The number of allylic oxidation sites excluding steroid dienone is 1. The second kappa shape index (κ2) is 13.4. The molecule has 1 atom stereocenters.